The number of nitrogens with zero attached hydrogens (tertiary/aromatic N) is 4. The average Bonchev–Trinajstić information content (AvgIpc) is 2.98. The van der Waals surface area contributed by atoms with Gasteiger partial charge in [0.1, 0.15) is 11.1 Å². The molecule has 3 aromatic rings. The lowest BCUT2D eigenvalue weighted by molar-refractivity contribution is 0.116. The van der Waals surface area contributed by atoms with Gasteiger partial charge in [-0.05, 0) is 24.6 Å². The lowest BCUT2D eigenvalue weighted by atomic mass is 10.1. The third kappa shape index (κ3) is 2.66. The Bertz CT molecular complexity index is 1000. The van der Waals surface area contributed by atoms with E-state index in [2.05, 4.69) is 9.97 Å². The maximum Gasteiger partial charge on any atom is 0.407 e. The van der Waals surface area contributed by atoms with E-state index in [1.165, 1.54) is 4.90 Å². The van der Waals surface area contributed by atoms with Crippen molar-refractivity contribution in [2.24, 2.45) is 0 Å². The molecule has 1 aromatic carbocycles. The molecule has 8 nitrogen and oxygen atoms in total. The molecule has 1 saturated heterocycles. The number of fused-ring (bicyclic) bond motifs is 3. The zero-order valence-electron chi connectivity index (χ0n) is 14.1. The first-order valence-corrected chi connectivity index (χ1v) is 8.75. The van der Waals surface area contributed by atoms with E-state index in [-0.39, 0.29) is 12.0 Å². The van der Waals surface area contributed by atoms with Crippen molar-refractivity contribution in [2.45, 2.75) is 19.4 Å². The Morgan fingerprint density at radius 1 is 1.42 bits per heavy atom. The molecule has 0 aliphatic carbocycles. The van der Waals surface area contributed by atoms with E-state index >= 15 is 0 Å². The van der Waals surface area contributed by atoms with Crippen molar-refractivity contribution in [1.82, 2.24) is 14.9 Å². The van der Waals surface area contributed by atoms with Crippen LogP contribution >= 0.6 is 11.6 Å². The van der Waals surface area contributed by atoms with Gasteiger partial charge in [0.15, 0.2) is 11.4 Å². The van der Waals surface area contributed by atoms with E-state index < -0.39 is 6.09 Å². The van der Waals surface area contributed by atoms with E-state index in [1.807, 2.05) is 11.8 Å². The predicted octanol–water partition coefficient (Wildman–Crippen LogP) is 3.19. The number of piperazine rings is 1. The Labute approximate surface area is 154 Å². The molecule has 0 spiro atoms. The van der Waals surface area contributed by atoms with Crippen LogP contribution in [0.4, 0.5) is 16.6 Å². The van der Waals surface area contributed by atoms with Crippen LogP contribution in [0.15, 0.2) is 22.6 Å². The average molecular weight is 376 g/mol. The fourth-order valence-electron chi connectivity index (χ4n) is 3.48. The van der Waals surface area contributed by atoms with Crippen LogP contribution < -0.4 is 10.6 Å². The molecule has 1 fully saturated rings. The van der Waals surface area contributed by atoms with Crippen LogP contribution in [0.1, 0.15) is 13.3 Å². The maximum absolute atomic E-state index is 11.4. The summed E-state index contributed by atoms with van der Waals surface area (Å²) in [5.41, 5.74) is 7.74. The highest BCUT2D eigenvalue weighted by Crippen LogP contribution is 2.35. The Kier molecular flexibility index (Phi) is 3.99. The van der Waals surface area contributed by atoms with Gasteiger partial charge in [-0.15, -0.1) is 0 Å². The number of carbonyl (C=O) groups is 1. The summed E-state index contributed by atoms with van der Waals surface area (Å²) in [5.74, 6) is 0.729. The van der Waals surface area contributed by atoms with Crippen molar-refractivity contribution < 1.29 is 14.3 Å². The van der Waals surface area contributed by atoms with Gasteiger partial charge in [0.25, 0.3) is 0 Å². The van der Waals surface area contributed by atoms with Gasteiger partial charge in [-0.25, -0.2) is 9.78 Å². The lowest BCUT2D eigenvalue weighted by Crippen LogP contribution is -2.55. The molecule has 3 N–H and O–H groups in total. The number of nitrogens with two attached hydrogens (primary N) is 1. The van der Waals surface area contributed by atoms with Crippen LogP contribution in [0, 0.1) is 0 Å². The third-order valence-electron chi connectivity index (χ3n) is 4.77. The summed E-state index contributed by atoms with van der Waals surface area (Å²) >= 11 is 6.10. The van der Waals surface area contributed by atoms with Gasteiger partial charge in [0.2, 0.25) is 5.95 Å². The minimum atomic E-state index is -0.901. The smallest absolute Gasteiger partial charge is 0.407 e. The monoisotopic (exact) mass is 375 g/mol. The second-order valence-corrected chi connectivity index (χ2v) is 6.75. The molecule has 2 aromatic heterocycles. The minimum absolute atomic E-state index is 0.119. The summed E-state index contributed by atoms with van der Waals surface area (Å²) in [6.45, 7) is 3.39. The predicted molar refractivity (Wildman–Crippen MR) is 99.8 cm³/mol. The van der Waals surface area contributed by atoms with Crippen LogP contribution in [0.2, 0.25) is 5.02 Å². The van der Waals surface area contributed by atoms with Crippen LogP contribution in [0.25, 0.3) is 22.1 Å². The van der Waals surface area contributed by atoms with Crippen molar-refractivity contribution in [3.63, 3.8) is 0 Å². The molecule has 0 bridgehead atoms. The topological polar surface area (TPSA) is 109 Å². The Morgan fingerprint density at radius 3 is 2.96 bits per heavy atom. The molecule has 1 aliphatic heterocycles. The summed E-state index contributed by atoms with van der Waals surface area (Å²) in [4.78, 5) is 23.6. The van der Waals surface area contributed by atoms with E-state index in [0.29, 0.717) is 53.6 Å². The molecular formula is C17H18ClN5O3. The van der Waals surface area contributed by atoms with Crippen LogP contribution in [-0.2, 0) is 0 Å². The first kappa shape index (κ1) is 16.7. The van der Waals surface area contributed by atoms with Gasteiger partial charge in [-0.2, -0.15) is 4.98 Å². The maximum atomic E-state index is 11.4. The lowest BCUT2D eigenvalue weighted by Gasteiger charge is -2.40. The minimum Gasteiger partial charge on any atom is -0.465 e. The molecule has 4 rings (SSSR count). The van der Waals surface area contributed by atoms with Gasteiger partial charge in [0.05, 0.1) is 6.04 Å². The molecule has 1 unspecified atom stereocenters. The van der Waals surface area contributed by atoms with Crippen LogP contribution in [0.5, 0.6) is 0 Å². The molecule has 26 heavy (non-hydrogen) atoms. The number of carboxylic acid groups (broad SMARTS) is 1. The summed E-state index contributed by atoms with van der Waals surface area (Å²) < 4.78 is 5.98. The zero-order valence-corrected chi connectivity index (χ0v) is 14.9. The van der Waals surface area contributed by atoms with Gasteiger partial charge in [-0.3, -0.25) is 0 Å². The second kappa shape index (κ2) is 6.21. The quantitative estimate of drug-likeness (QED) is 0.707. The number of aromatic nitrogens is 2. The fraction of sp³-hybridized carbons (Fsp3) is 0.353. The fourth-order valence-corrected chi connectivity index (χ4v) is 3.65. The van der Waals surface area contributed by atoms with E-state index in [1.54, 1.807) is 18.2 Å². The number of nitrogen functional groups attached to an aromatic ring is 1. The van der Waals surface area contributed by atoms with Crippen LogP contribution in [-0.4, -0.2) is 51.7 Å². The Morgan fingerprint density at radius 2 is 2.23 bits per heavy atom. The van der Waals surface area contributed by atoms with Crippen molar-refractivity contribution in [3.8, 4) is 0 Å². The number of halogens is 1. The molecule has 1 amide bonds. The van der Waals surface area contributed by atoms with Gasteiger partial charge >= 0.3 is 6.09 Å². The van der Waals surface area contributed by atoms with Crippen LogP contribution in [0.3, 0.4) is 0 Å². The molecule has 1 atom stereocenters. The van der Waals surface area contributed by atoms with E-state index in [0.717, 1.165) is 5.39 Å². The largest absolute Gasteiger partial charge is 0.465 e. The highest BCUT2D eigenvalue weighted by atomic mass is 35.5. The first-order chi connectivity index (χ1) is 12.5. The third-order valence-corrected chi connectivity index (χ3v) is 5.01. The summed E-state index contributed by atoms with van der Waals surface area (Å²) in [5, 5.41) is 10.7. The Balaban J connectivity index is 1.81. The number of anilines is 2. The Hall–Kier alpha value is -2.74. The number of hydrogen-bond donors (Lipinski definition) is 2. The molecular weight excluding hydrogens is 358 g/mol. The number of hydrogen-bond acceptors (Lipinski definition) is 6. The highest BCUT2D eigenvalue weighted by molar-refractivity contribution is 6.31. The van der Waals surface area contributed by atoms with Crippen molar-refractivity contribution >= 4 is 51.5 Å². The number of benzene rings is 1. The molecule has 3 heterocycles. The molecule has 0 radical (unpaired) electrons. The second-order valence-electron chi connectivity index (χ2n) is 6.31. The van der Waals surface area contributed by atoms with Gasteiger partial charge in [-0.1, -0.05) is 18.5 Å². The van der Waals surface area contributed by atoms with Gasteiger partial charge in [0, 0.05) is 30.0 Å². The SMILES string of the molecule is CCC1CN(c2nc(N)nc3c2oc2ccc(Cl)cc23)CCN1C(=O)O. The first-order valence-electron chi connectivity index (χ1n) is 8.37. The zero-order chi connectivity index (χ0) is 18.4. The number of amides is 1. The van der Waals surface area contributed by atoms with E-state index in [9.17, 15) is 9.90 Å². The molecule has 0 saturated carbocycles. The molecule has 9 heteroatoms. The van der Waals surface area contributed by atoms with Gasteiger partial charge < -0.3 is 25.1 Å². The van der Waals surface area contributed by atoms with Crippen molar-refractivity contribution in [3.05, 3.63) is 23.2 Å². The standard InChI is InChI=1S/C17H18ClN5O3/c1-2-10-8-22(5-6-23(10)17(24)25)15-14-13(20-16(19)21-15)11-7-9(18)3-4-12(11)26-14/h3-4,7,10H,2,5-6,8H2,1H3,(H,24,25)(H2,19,20,21). The summed E-state index contributed by atoms with van der Waals surface area (Å²) in [6, 6.07) is 5.21. The number of rotatable bonds is 2. The summed E-state index contributed by atoms with van der Waals surface area (Å²) in [7, 11) is 0. The van der Waals surface area contributed by atoms with Crippen molar-refractivity contribution in [1.29, 1.82) is 0 Å². The van der Waals surface area contributed by atoms with E-state index in [4.69, 9.17) is 21.8 Å². The molecule has 136 valence electrons. The number of furan rings is 1. The molecule has 1 aliphatic rings. The normalized spacial score (nSPS) is 18.0. The summed E-state index contributed by atoms with van der Waals surface area (Å²) in [6.07, 6.45) is -0.190. The van der Waals surface area contributed by atoms with Crippen molar-refractivity contribution in [2.75, 3.05) is 30.3 Å². The highest BCUT2D eigenvalue weighted by Gasteiger charge is 2.31.